The number of nitrogens with zero attached hydrogens (tertiary/aromatic N) is 4. The molecule has 0 unspecified atom stereocenters. The van der Waals surface area contributed by atoms with Gasteiger partial charge in [-0.1, -0.05) is 11.6 Å². The van der Waals surface area contributed by atoms with Crippen LogP contribution < -0.4 is 0 Å². The summed E-state index contributed by atoms with van der Waals surface area (Å²) < 4.78 is 1.65. The summed E-state index contributed by atoms with van der Waals surface area (Å²) in [5.74, 6) is 2.54. The second kappa shape index (κ2) is 3.50. The zero-order chi connectivity index (χ0) is 10.3. The Morgan fingerprint density at radius 1 is 1.33 bits per heavy atom. The Bertz CT molecular complexity index is 496. The summed E-state index contributed by atoms with van der Waals surface area (Å²) >= 11 is 8.05. The molecule has 0 N–H and O–H groups in total. The minimum absolute atomic E-state index is 0.663. The van der Waals surface area contributed by atoms with E-state index in [0.29, 0.717) is 11.0 Å². The third kappa shape index (κ3) is 1.42. The molecule has 1 aliphatic heterocycles. The van der Waals surface area contributed by atoms with Crippen molar-refractivity contribution in [2.45, 2.75) is 11.5 Å². The van der Waals surface area contributed by atoms with Gasteiger partial charge in [0, 0.05) is 29.5 Å². The van der Waals surface area contributed by atoms with Crippen molar-refractivity contribution < 1.29 is 0 Å². The van der Waals surface area contributed by atoms with Gasteiger partial charge in [0.15, 0.2) is 5.82 Å². The highest BCUT2D eigenvalue weighted by Crippen LogP contribution is 2.34. The van der Waals surface area contributed by atoms with Gasteiger partial charge in [-0.15, -0.1) is 0 Å². The highest BCUT2D eigenvalue weighted by molar-refractivity contribution is 7.98. The highest BCUT2D eigenvalue weighted by atomic mass is 35.5. The molecule has 3 rings (SSSR count). The van der Waals surface area contributed by atoms with Crippen LogP contribution in [0.15, 0.2) is 18.6 Å². The number of rotatable bonds is 1. The van der Waals surface area contributed by atoms with Gasteiger partial charge < -0.3 is 0 Å². The molecule has 0 aliphatic carbocycles. The van der Waals surface area contributed by atoms with Crippen molar-refractivity contribution in [2.75, 3.05) is 0 Å². The lowest BCUT2D eigenvalue weighted by atomic mass is 10.3. The summed E-state index contributed by atoms with van der Waals surface area (Å²) in [6.07, 6.45) is 4.92. The maximum Gasteiger partial charge on any atom is 0.173 e. The van der Waals surface area contributed by atoms with Crippen LogP contribution in [0.2, 0.25) is 5.15 Å². The van der Waals surface area contributed by atoms with Crippen molar-refractivity contribution in [3.05, 3.63) is 35.0 Å². The van der Waals surface area contributed by atoms with E-state index in [4.69, 9.17) is 11.6 Å². The topological polar surface area (TPSA) is 43.6 Å². The minimum atomic E-state index is 0.663. The predicted octanol–water partition coefficient (Wildman–Crippen LogP) is 2.06. The summed E-state index contributed by atoms with van der Waals surface area (Å²) in [6.45, 7) is 0. The normalized spacial score (nSPS) is 14.2. The van der Waals surface area contributed by atoms with Crippen LogP contribution in [0.4, 0.5) is 0 Å². The molecule has 0 spiro atoms. The number of aromatic nitrogens is 4. The largest absolute Gasteiger partial charge is 0.259 e. The van der Waals surface area contributed by atoms with Crippen LogP contribution in [0, 0.1) is 0 Å². The Hall–Kier alpha value is -1.07. The number of hydrogen-bond acceptors (Lipinski definition) is 4. The zero-order valence-corrected chi connectivity index (χ0v) is 9.29. The Morgan fingerprint density at radius 3 is 3.00 bits per heavy atom. The van der Waals surface area contributed by atoms with E-state index in [0.717, 1.165) is 22.8 Å². The summed E-state index contributed by atoms with van der Waals surface area (Å²) in [6, 6.07) is 0. The smallest absolute Gasteiger partial charge is 0.173 e. The molecule has 0 radical (unpaired) electrons. The van der Waals surface area contributed by atoms with E-state index in [-0.39, 0.29) is 0 Å². The fourth-order valence-electron chi connectivity index (χ4n) is 1.53. The molecule has 2 aromatic rings. The zero-order valence-electron chi connectivity index (χ0n) is 7.72. The average molecular weight is 239 g/mol. The van der Waals surface area contributed by atoms with Crippen LogP contribution in [0.3, 0.4) is 0 Å². The second-order valence-electron chi connectivity index (χ2n) is 3.18. The number of fused-ring (bicyclic) bond motifs is 1. The van der Waals surface area contributed by atoms with Crippen LogP contribution in [0.25, 0.3) is 5.82 Å². The van der Waals surface area contributed by atoms with Gasteiger partial charge in [0.05, 0.1) is 11.9 Å². The monoisotopic (exact) mass is 238 g/mol. The van der Waals surface area contributed by atoms with Gasteiger partial charge in [0.1, 0.15) is 5.15 Å². The third-order valence-electron chi connectivity index (χ3n) is 2.26. The number of thioether (sulfide) groups is 1. The van der Waals surface area contributed by atoms with Gasteiger partial charge in [-0.25, -0.2) is 9.67 Å². The van der Waals surface area contributed by atoms with Crippen LogP contribution in [-0.4, -0.2) is 19.7 Å². The predicted molar refractivity (Wildman–Crippen MR) is 59.2 cm³/mol. The first-order chi connectivity index (χ1) is 7.36. The van der Waals surface area contributed by atoms with E-state index in [1.807, 2.05) is 11.8 Å². The summed E-state index contributed by atoms with van der Waals surface area (Å²) in [7, 11) is 0. The molecule has 0 saturated carbocycles. The van der Waals surface area contributed by atoms with Crippen molar-refractivity contribution in [3.8, 4) is 5.82 Å². The molecule has 0 amide bonds. The highest BCUT2D eigenvalue weighted by Gasteiger charge is 2.22. The van der Waals surface area contributed by atoms with Crippen molar-refractivity contribution in [3.63, 3.8) is 0 Å². The number of halogens is 1. The van der Waals surface area contributed by atoms with Gasteiger partial charge in [-0.05, 0) is 0 Å². The lowest BCUT2D eigenvalue weighted by Gasteiger charge is -2.01. The lowest BCUT2D eigenvalue weighted by Crippen LogP contribution is -2.00. The van der Waals surface area contributed by atoms with Crippen LogP contribution in [0.5, 0.6) is 0 Å². The molecular formula is C9H7ClN4S. The van der Waals surface area contributed by atoms with Gasteiger partial charge in [0.25, 0.3) is 0 Å². The van der Waals surface area contributed by atoms with Crippen molar-refractivity contribution in [1.29, 1.82) is 0 Å². The molecule has 15 heavy (non-hydrogen) atoms. The first kappa shape index (κ1) is 9.18. The van der Waals surface area contributed by atoms with E-state index >= 15 is 0 Å². The van der Waals surface area contributed by atoms with Gasteiger partial charge in [-0.2, -0.15) is 16.9 Å². The standard InChI is InChI=1S/C9H7ClN4S/c10-9-6-4-15-5-7(6)13-14(9)8-3-11-1-2-12-8/h1-3H,4-5H2. The quantitative estimate of drug-likeness (QED) is 0.763. The maximum atomic E-state index is 6.22. The molecule has 2 aromatic heterocycles. The molecule has 0 aromatic carbocycles. The third-order valence-corrected chi connectivity index (χ3v) is 3.61. The first-order valence-corrected chi connectivity index (χ1v) is 6.00. The molecule has 0 atom stereocenters. The molecule has 4 nitrogen and oxygen atoms in total. The molecule has 6 heteroatoms. The van der Waals surface area contributed by atoms with Crippen molar-refractivity contribution in [1.82, 2.24) is 19.7 Å². The van der Waals surface area contributed by atoms with Gasteiger partial charge >= 0.3 is 0 Å². The second-order valence-corrected chi connectivity index (χ2v) is 4.53. The van der Waals surface area contributed by atoms with Gasteiger partial charge in [-0.3, -0.25) is 4.98 Å². The van der Waals surface area contributed by atoms with Crippen molar-refractivity contribution >= 4 is 23.4 Å². The van der Waals surface area contributed by atoms with E-state index < -0.39 is 0 Å². The lowest BCUT2D eigenvalue weighted by molar-refractivity contribution is 0.822. The Morgan fingerprint density at radius 2 is 2.27 bits per heavy atom. The Balaban J connectivity index is 2.14. The molecule has 1 aliphatic rings. The van der Waals surface area contributed by atoms with Crippen LogP contribution in [-0.2, 0) is 11.5 Å². The molecular weight excluding hydrogens is 232 g/mol. The van der Waals surface area contributed by atoms with Crippen LogP contribution in [0.1, 0.15) is 11.3 Å². The van der Waals surface area contributed by atoms with E-state index in [9.17, 15) is 0 Å². The summed E-state index contributed by atoms with van der Waals surface area (Å²) in [5, 5.41) is 5.08. The molecule has 0 saturated heterocycles. The Kier molecular flexibility index (Phi) is 2.14. The molecule has 76 valence electrons. The summed E-state index contributed by atoms with van der Waals surface area (Å²) in [4.78, 5) is 8.17. The number of hydrogen-bond donors (Lipinski definition) is 0. The molecule has 3 heterocycles. The van der Waals surface area contributed by atoms with E-state index in [1.54, 1.807) is 23.3 Å². The van der Waals surface area contributed by atoms with Crippen LogP contribution >= 0.6 is 23.4 Å². The fraction of sp³-hybridized carbons (Fsp3) is 0.222. The average Bonchev–Trinajstić information content (AvgIpc) is 2.83. The minimum Gasteiger partial charge on any atom is -0.259 e. The SMILES string of the molecule is Clc1c2c(nn1-c1cnccn1)CSC2. The maximum absolute atomic E-state index is 6.22. The van der Waals surface area contributed by atoms with Crippen molar-refractivity contribution in [2.24, 2.45) is 0 Å². The fourth-order valence-corrected chi connectivity index (χ4v) is 2.95. The first-order valence-electron chi connectivity index (χ1n) is 4.46. The molecule has 0 fully saturated rings. The molecule has 0 bridgehead atoms. The Labute approximate surface area is 95.7 Å². The van der Waals surface area contributed by atoms with E-state index in [1.165, 1.54) is 0 Å². The van der Waals surface area contributed by atoms with E-state index in [2.05, 4.69) is 15.1 Å². The van der Waals surface area contributed by atoms with Gasteiger partial charge in [0.2, 0.25) is 0 Å². The summed E-state index contributed by atoms with van der Waals surface area (Å²) in [5.41, 5.74) is 2.20.